The van der Waals surface area contributed by atoms with E-state index in [1.54, 1.807) is 11.3 Å². The standard InChI is InChI=1S/C31H46N2OSSi/c1-10-23(11-2)24-14-18-27(19-15-24)33(22(3)4)20-29-32-28(21-35-29)25-12-16-26(17-13-25)31(8,9)34-36-30(5,6)7/h12-19,21-23H,10-11,20,36H2,1-9H3. The number of rotatable bonds is 11. The van der Waals surface area contributed by atoms with Crippen molar-refractivity contribution in [2.75, 3.05) is 4.90 Å². The number of hydrogen-bond donors (Lipinski definition) is 0. The van der Waals surface area contributed by atoms with Gasteiger partial charge in [0.1, 0.15) is 5.01 Å². The van der Waals surface area contributed by atoms with Crippen LogP contribution >= 0.6 is 11.3 Å². The molecular weight excluding hydrogens is 477 g/mol. The number of benzene rings is 2. The predicted molar refractivity (Wildman–Crippen MR) is 161 cm³/mol. The quantitative estimate of drug-likeness (QED) is 0.236. The van der Waals surface area contributed by atoms with Crippen LogP contribution in [0.4, 0.5) is 5.69 Å². The molecule has 0 unspecified atom stereocenters. The summed E-state index contributed by atoms with van der Waals surface area (Å²) in [6.45, 7) is 21.1. The maximum atomic E-state index is 6.39. The van der Waals surface area contributed by atoms with E-state index in [1.165, 1.54) is 29.7 Å². The van der Waals surface area contributed by atoms with E-state index < -0.39 is 9.76 Å². The van der Waals surface area contributed by atoms with Crippen LogP contribution in [0.2, 0.25) is 5.04 Å². The second-order valence-electron chi connectivity index (χ2n) is 11.9. The van der Waals surface area contributed by atoms with Crippen LogP contribution < -0.4 is 4.90 Å². The highest BCUT2D eigenvalue weighted by molar-refractivity contribution is 7.10. The van der Waals surface area contributed by atoms with Gasteiger partial charge in [-0.25, -0.2) is 4.98 Å². The highest BCUT2D eigenvalue weighted by Gasteiger charge is 2.24. The first kappa shape index (κ1) is 28.6. The Bertz CT molecular complexity index is 1080. The SMILES string of the molecule is CCC(CC)c1ccc(N(Cc2nc(-c3ccc(C(C)(C)O[SiH2]C(C)(C)C)cc3)cs2)C(C)C)cc1. The van der Waals surface area contributed by atoms with Crippen LogP contribution in [0.15, 0.2) is 53.9 Å². The first-order valence-electron chi connectivity index (χ1n) is 13.5. The molecule has 0 spiro atoms. The molecule has 0 aliphatic carbocycles. The van der Waals surface area contributed by atoms with Crippen molar-refractivity contribution < 1.29 is 4.43 Å². The van der Waals surface area contributed by atoms with Crippen molar-refractivity contribution in [3.8, 4) is 11.3 Å². The molecule has 1 aromatic heterocycles. The number of anilines is 1. The van der Waals surface area contributed by atoms with Crippen molar-refractivity contribution in [2.24, 2.45) is 0 Å². The summed E-state index contributed by atoms with van der Waals surface area (Å²) in [7, 11) is -0.620. The topological polar surface area (TPSA) is 25.4 Å². The largest absolute Gasteiger partial charge is 0.415 e. The molecule has 2 aromatic carbocycles. The van der Waals surface area contributed by atoms with Crippen molar-refractivity contribution in [3.63, 3.8) is 0 Å². The summed E-state index contributed by atoms with van der Waals surface area (Å²) < 4.78 is 6.39. The van der Waals surface area contributed by atoms with Crippen molar-refractivity contribution >= 4 is 26.8 Å². The molecule has 3 rings (SSSR count). The Morgan fingerprint density at radius 2 is 1.53 bits per heavy atom. The summed E-state index contributed by atoms with van der Waals surface area (Å²) in [5.74, 6) is 0.650. The molecule has 0 radical (unpaired) electrons. The number of thiazole rings is 1. The highest BCUT2D eigenvalue weighted by Crippen LogP contribution is 2.32. The van der Waals surface area contributed by atoms with Crippen LogP contribution in [0.5, 0.6) is 0 Å². The van der Waals surface area contributed by atoms with Crippen LogP contribution in [0, 0.1) is 0 Å². The zero-order chi connectivity index (χ0) is 26.5. The van der Waals surface area contributed by atoms with E-state index in [4.69, 9.17) is 9.41 Å². The minimum Gasteiger partial charge on any atom is -0.415 e. The minimum absolute atomic E-state index is 0.257. The van der Waals surface area contributed by atoms with Gasteiger partial charge in [0.05, 0.1) is 17.8 Å². The lowest BCUT2D eigenvalue weighted by Crippen LogP contribution is -2.30. The number of aromatic nitrogens is 1. The zero-order valence-corrected chi connectivity index (χ0v) is 26.1. The Morgan fingerprint density at radius 3 is 2.06 bits per heavy atom. The van der Waals surface area contributed by atoms with Crippen molar-refractivity contribution in [2.45, 2.75) is 104 Å². The summed E-state index contributed by atoms with van der Waals surface area (Å²) in [6, 6.07) is 18.4. The zero-order valence-electron chi connectivity index (χ0n) is 23.9. The molecule has 0 N–H and O–H groups in total. The van der Waals surface area contributed by atoms with E-state index in [2.05, 4.69) is 121 Å². The van der Waals surface area contributed by atoms with Crippen LogP contribution in [0.3, 0.4) is 0 Å². The number of nitrogens with zero attached hydrogens (tertiary/aromatic N) is 2. The summed E-state index contributed by atoms with van der Waals surface area (Å²) >= 11 is 1.75. The van der Waals surface area contributed by atoms with Crippen molar-refractivity contribution in [1.29, 1.82) is 0 Å². The summed E-state index contributed by atoms with van der Waals surface area (Å²) in [5, 5.41) is 3.62. The molecule has 3 nitrogen and oxygen atoms in total. The molecule has 0 saturated carbocycles. The maximum absolute atomic E-state index is 6.39. The fourth-order valence-corrected chi connectivity index (χ4v) is 6.22. The lowest BCUT2D eigenvalue weighted by atomic mass is 9.94. The molecule has 0 aliphatic rings. The van der Waals surface area contributed by atoms with E-state index in [0.29, 0.717) is 12.0 Å². The Labute approximate surface area is 226 Å². The van der Waals surface area contributed by atoms with E-state index >= 15 is 0 Å². The smallest absolute Gasteiger partial charge is 0.168 e. The van der Waals surface area contributed by atoms with Gasteiger partial charge in [0.15, 0.2) is 9.76 Å². The van der Waals surface area contributed by atoms with E-state index in [1.807, 2.05) is 0 Å². The molecule has 0 bridgehead atoms. The molecule has 0 saturated heterocycles. The lowest BCUT2D eigenvalue weighted by Gasteiger charge is -2.30. The average molecular weight is 523 g/mol. The molecule has 5 heteroatoms. The van der Waals surface area contributed by atoms with Gasteiger partial charge in [-0.15, -0.1) is 11.3 Å². The Hall–Kier alpha value is -1.95. The first-order chi connectivity index (χ1) is 16.9. The lowest BCUT2D eigenvalue weighted by molar-refractivity contribution is 0.109. The molecule has 196 valence electrons. The molecule has 0 amide bonds. The van der Waals surface area contributed by atoms with Gasteiger partial charge in [0.25, 0.3) is 0 Å². The van der Waals surface area contributed by atoms with Gasteiger partial charge in [-0.3, -0.25) is 0 Å². The second kappa shape index (κ2) is 12.1. The molecule has 0 atom stereocenters. The summed E-state index contributed by atoms with van der Waals surface area (Å²) in [6.07, 6.45) is 2.38. The van der Waals surface area contributed by atoms with Gasteiger partial charge < -0.3 is 9.33 Å². The van der Waals surface area contributed by atoms with E-state index in [-0.39, 0.29) is 10.6 Å². The minimum atomic E-state index is -0.620. The third-order valence-corrected chi connectivity index (χ3v) is 9.47. The maximum Gasteiger partial charge on any atom is 0.168 e. The molecular formula is C31H46N2OSSi. The van der Waals surface area contributed by atoms with Crippen LogP contribution in [-0.2, 0) is 16.6 Å². The fourth-order valence-electron chi connectivity index (χ4n) is 4.45. The Kier molecular flexibility index (Phi) is 9.59. The van der Waals surface area contributed by atoms with E-state index in [0.717, 1.165) is 22.8 Å². The molecule has 0 aliphatic heterocycles. The highest BCUT2D eigenvalue weighted by atomic mass is 32.1. The van der Waals surface area contributed by atoms with Crippen molar-refractivity contribution in [1.82, 2.24) is 4.98 Å². The van der Waals surface area contributed by atoms with Gasteiger partial charge in [-0.1, -0.05) is 71.0 Å². The van der Waals surface area contributed by atoms with Gasteiger partial charge in [0, 0.05) is 22.7 Å². The fraction of sp³-hybridized carbons (Fsp3) is 0.516. The number of hydrogen-bond acceptors (Lipinski definition) is 4. The normalized spacial score (nSPS) is 12.9. The van der Waals surface area contributed by atoms with Crippen LogP contribution in [0.25, 0.3) is 11.3 Å². The Morgan fingerprint density at radius 1 is 0.917 bits per heavy atom. The van der Waals surface area contributed by atoms with E-state index in [9.17, 15) is 0 Å². The Balaban J connectivity index is 1.72. The van der Waals surface area contributed by atoms with Gasteiger partial charge in [-0.2, -0.15) is 0 Å². The average Bonchev–Trinajstić information content (AvgIpc) is 3.31. The van der Waals surface area contributed by atoms with Crippen LogP contribution in [0.1, 0.15) is 97.2 Å². The van der Waals surface area contributed by atoms with Gasteiger partial charge in [-0.05, 0) is 74.8 Å². The second-order valence-corrected chi connectivity index (χ2v) is 15.5. The molecule has 36 heavy (non-hydrogen) atoms. The van der Waals surface area contributed by atoms with Crippen molar-refractivity contribution in [3.05, 3.63) is 70.0 Å². The van der Waals surface area contributed by atoms with Gasteiger partial charge in [0.2, 0.25) is 0 Å². The third kappa shape index (κ3) is 7.53. The first-order valence-corrected chi connectivity index (χ1v) is 15.7. The third-order valence-electron chi connectivity index (χ3n) is 6.90. The van der Waals surface area contributed by atoms with Gasteiger partial charge >= 0.3 is 0 Å². The molecule has 0 fully saturated rings. The molecule has 3 aromatic rings. The summed E-state index contributed by atoms with van der Waals surface area (Å²) in [5.41, 5.74) is 5.89. The predicted octanol–water partition coefficient (Wildman–Crippen LogP) is 8.68. The monoisotopic (exact) mass is 522 g/mol. The summed E-state index contributed by atoms with van der Waals surface area (Å²) in [4.78, 5) is 7.46. The molecule has 1 heterocycles. The van der Waals surface area contributed by atoms with Crippen LogP contribution in [-0.4, -0.2) is 20.8 Å².